The number of aliphatic carboxylic acids is 2. The number of nitro benzene ring substituents is 1. The van der Waals surface area contributed by atoms with Gasteiger partial charge in [-0.3, -0.25) is 19.7 Å². The number of anilines is 3. The molecule has 5 N–H and O–H groups in total. The molecule has 2 aromatic carbocycles. The summed E-state index contributed by atoms with van der Waals surface area (Å²) in [5.74, 6) is 0.388. The fourth-order valence-electron chi connectivity index (χ4n) is 7.37. The number of imidazole rings is 2. The Bertz CT molecular complexity index is 2450. The predicted molar refractivity (Wildman–Crippen MR) is 239 cm³/mol. The zero-order chi connectivity index (χ0) is 44.6. The summed E-state index contributed by atoms with van der Waals surface area (Å²) in [6.45, 7) is 5.81. The highest BCUT2D eigenvalue weighted by molar-refractivity contribution is 5.85. The summed E-state index contributed by atoms with van der Waals surface area (Å²) in [5.41, 5.74) is 4.15. The molecular weight excluding hydrogens is 809 g/mol. The highest BCUT2D eigenvalue weighted by atomic mass is 16.6. The Hall–Kier alpha value is -6.92. The molecule has 0 spiro atoms. The molecule has 6 aromatic rings. The Morgan fingerprint density at radius 3 is 2.05 bits per heavy atom. The van der Waals surface area contributed by atoms with Crippen molar-refractivity contribution in [3.63, 3.8) is 0 Å². The van der Waals surface area contributed by atoms with Gasteiger partial charge in [-0.1, -0.05) is 95.5 Å². The molecule has 0 saturated heterocycles. The first kappa shape index (κ1) is 45.6. The summed E-state index contributed by atoms with van der Waals surface area (Å²) >= 11 is 0. The van der Waals surface area contributed by atoms with Gasteiger partial charge in [-0.2, -0.15) is 19.9 Å². The number of carboxylic acids is 2. The number of nitro groups is 1. The number of non-ortho nitro benzene ring substituents is 1. The lowest BCUT2D eigenvalue weighted by atomic mass is 9.84. The van der Waals surface area contributed by atoms with Crippen LogP contribution in [-0.4, -0.2) is 79.2 Å². The fourth-order valence-corrected chi connectivity index (χ4v) is 7.37. The molecule has 0 bridgehead atoms. The summed E-state index contributed by atoms with van der Waals surface area (Å²) in [4.78, 5) is 59.3. The normalized spacial score (nSPS) is 12.7. The van der Waals surface area contributed by atoms with E-state index in [1.165, 1.54) is 85.9 Å². The standard InChI is InChI=1S/C26H36N6O2.C18H20N6O5/c1-2-3-4-8-15-27-24-23-25(32(18-29-23)17-22(33)34)31-26(30-24)28-16-19-11-13-21(14-12-19)20-9-6-5-7-10-20;1-2-3-4-8-19-18-21-16-15(20-11-23(16)10-14(25)26)17(22-18)29-13-7-5-6-12(9-13)24(27)28/h11-14,18,20H,2-10,15-17H2,1H3,(H,33,34)(H2,27,28,30,31);5-7,9,11H,2-4,8,10H2,1H3,(H,25,26)(H,19,21,22). The molecule has 4 aromatic heterocycles. The second-order valence-corrected chi connectivity index (χ2v) is 15.5. The molecule has 1 saturated carbocycles. The Balaban J connectivity index is 0.000000213. The summed E-state index contributed by atoms with van der Waals surface area (Å²) in [6.07, 6.45) is 17.1. The number of benzene rings is 2. The van der Waals surface area contributed by atoms with Crippen LogP contribution < -0.4 is 20.7 Å². The van der Waals surface area contributed by atoms with Crippen molar-refractivity contribution in [2.24, 2.45) is 0 Å². The van der Waals surface area contributed by atoms with Crippen molar-refractivity contribution in [2.45, 2.75) is 116 Å². The van der Waals surface area contributed by atoms with Crippen LogP contribution >= 0.6 is 0 Å². The van der Waals surface area contributed by atoms with Crippen LogP contribution in [0.5, 0.6) is 11.6 Å². The number of carboxylic acid groups (broad SMARTS) is 2. The Labute approximate surface area is 364 Å². The van der Waals surface area contributed by atoms with Crippen LogP contribution in [0.15, 0.2) is 61.2 Å². The number of ether oxygens (including phenoxy) is 1. The molecule has 19 heteroatoms. The maximum Gasteiger partial charge on any atom is 0.323 e. The maximum absolute atomic E-state index is 11.3. The van der Waals surface area contributed by atoms with E-state index in [1.807, 2.05) is 0 Å². The van der Waals surface area contributed by atoms with Crippen molar-refractivity contribution < 1.29 is 29.5 Å². The van der Waals surface area contributed by atoms with Gasteiger partial charge in [-0.15, -0.1) is 0 Å². The molecule has 0 radical (unpaired) electrons. The van der Waals surface area contributed by atoms with E-state index in [0.717, 1.165) is 44.2 Å². The molecule has 7 rings (SSSR count). The van der Waals surface area contributed by atoms with Crippen LogP contribution in [0.4, 0.5) is 23.4 Å². The fraction of sp³-hybridized carbons (Fsp3) is 0.455. The number of nitrogens with one attached hydrogen (secondary N) is 3. The topological polar surface area (TPSA) is 250 Å². The van der Waals surface area contributed by atoms with E-state index in [4.69, 9.17) is 9.84 Å². The van der Waals surface area contributed by atoms with Crippen LogP contribution in [-0.2, 0) is 29.2 Å². The lowest BCUT2D eigenvalue weighted by Crippen LogP contribution is -2.12. The molecule has 19 nitrogen and oxygen atoms in total. The molecule has 0 unspecified atom stereocenters. The smallest absolute Gasteiger partial charge is 0.323 e. The van der Waals surface area contributed by atoms with Gasteiger partial charge in [-0.25, -0.2) is 9.97 Å². The molecule has 63 heavy (non-hydrogen) atoms. The average Bonchev–Trinajstić information content (AvgIpc) is 3.88. The number of nitrogens with zero attached hydrogens (tertiary/aromatic N) is 9. The predicted octanol–water partition coefficient (Wildman–Crippen LogP) is 8.78. The van der Waals surface area contributed by atoms with Crippen molar-refractivity contribution in [1.29, 1.82) is 0 Å². The van der Waals surface area contributed by atoms with Crippen molar-refractivity contribution in [3.8, 4) is 11.6 Å². The number of unbranched alkanes of at least 4 members (excludes halogenated alkanes) is 5. The summed E-state index contributed by atoms with van der Waals surface area (Å²) in [7, 11) is 0. The van der Waals surface area contributed by atoms with Gasteiger partial charge in [-0.05, 0) is 48.8 Å². The van der Waals surface area contributed by atoms with E-state index in [0.29, 0.717) is 47.6 Å². The van der Waals surface area contributed by atoms with Crippen molar-refractivity contribution in [3.05, 3.63) is 82.4 Å². The van der Waals surface area contributed by atoms with Crippen LogP contribution in [0.1, 0.15) is 108 Å². The first-order valence-electron chi connectivity index (χ1n) is 21.7. The highest BCUT2D eigenvalue weighted by Gasteiger charge is 2.19. The van der Waals surface area contributed by atoms with E-state index in [2.05, 4.69) is 84.0 Å². The number of rotatable bonds is 22. The SMILES string of the molecule is CCCCCCNc1nc(NCc2ccc(C3CCCCC3)cc2)nc2c1ncn2CC(=O)O.CCCCCNc1nc(Oc2cccc([N+](=O)[O-])c2)c2ncn(CC(=O)O)c2n1. The van der Waals surface area contributed by atoms with Crippen LogP contribution in [0, 0.1) is 10.1 Å². The highest BCUT2D eigenvalue weighted by Crippen LogP contribution is 2.33. The van der Waals surface area contributed by atoms with E-state index in [1.54, 1.807) is 10.6 Å². The molecule has 0 aliphatic heterocycles. The number of carbonyl (C=O) groups is 2. The molecule has 1 aliphatic rings. The van der Waals surface area contributed by atoms with Crippen molar-refractivity contribution in [1.82, 2.24) is 39.0 Å². The van der Waals surface area contributed by atoms with E-state index in [9.17, 15) is 24.8 Å². The Morgan fingerprint density at radius 1 is 0.762 bits per heavy atom. The third-order valence-electron chi connectivity index (χ3n) is 10.6. The first-order valence-corrected chi connectivity index (χ1v) is 21.7. The molecule has 0 atom stereocenters. The summed E-state index contributed by atoms with van der Waals surface area (Å²) < 4.78 is 8.67. The maximum atomic E-state index is 11.3. The number of fused-ring (bicyclic) bond motifs is 2. The van der Waals surface area contributed by atoms with E-state index in [-0.39, 0.29) is 41.9 Å². The number of hydrogen-bond acceptors (Lipinski definition) is 14. The van der Waals surface area contributed by atoms with Crippen LogP contribution in [0.3, 0.4) is 0 Å². The molecule has 0 amide bonds. The van der Waals surface area contributed by atoms with Gasteiger partial charge in [0.15, 0.2) is 28.1 Å². The quantitative estimate of drug-likeness (QED) is 0.0243. The lowest BCUT2D eigenvalue weighted by Gasteiger charge is -2.22. The second-order valence-electron chi connectivity index (χ2n) is 15.5. The van der Waals surface area contributed by atoms with Crippen molar-refractivity contribution >= 4 is 57.7 Å². The Morgan fingerprint density at radius 2 is 1.38 bits per heavy atom. The van der Waals surface area contributed by atoms with Gasteiger partial charge in [0.2, 0.25) is 11.9 Å². The van der Waals surface area contributed by atoms with Crippen LogP contribution in [0.2, 0.25) is 0 Å². The largest absolute Gasteiger partial charge is 0.480 e. The molecule has 334 valence electrons. The van der Waals surface area contributed by atoms with Gasteiger partial charge < -0.3 is 40.0 Å². The molecule has 1 fully saturated rings. The first-order chi connectivity index (χ1) is 30.6. The summed E-state index contributed by atoms with van der Waals surface area (Å²) in [5, 5.41) is 39.1. The third-order valence-corrected chi connectivity index (χ3v) is 10.6. The molecule has 1 aliphatic carbocycles. The minimum Gasteiger partial charge on any atom is -0.480 e. The Kier molecular flexibility index (Phi) is 16.5. The lowest BCUT2D eigenvalue weighted by molar-refractivity contribution is -0.384. The van der Waals surface area contributed by atoms with Gasteiger partial charge >= 0.3 is 11.9 Å². The monoisotopic (exact) mass is 864 g/mol. The molecule has 4 heterocycles. The second kappa shape index (κ2) is 22.8. The zero-order valence-corrected chi connectivity index (χ0v) is 35.8. The number of aromatic nitrogens is 8. The van der Waals surface area contributed by atoms with Gasteiger partial charge in [0, 0.05) is 25.7 Å². The third kappa shape index (κ3) is 13.0. The van der Waals surface area contributed by atoms with E-state index < -0.39 is 16.9 Å². The van der Waals surface area contributed by atoms with Crippen molar-refractivity contribution in [2.75, 3.05) is 29.0 Å². The minimum absolute atomic E-state index is 0.0811. The zero-order valence-electron chi connectivity index (χ0n) is 35.8. The summed E-state index contributed by atoms with van der Waals surface area (Å²) in [6, 6.07) is 14.5. The van der Waals surface area contributed by atoms with E-state index >= 15 is 0 Å². The van der Waals surface area contributed by atoms with Gasteiger partial charge in [0.05, 0.1) is 23.6 Å². The van der Waals surface area contributed by atoms with Gasteiger partial charge in [0.1, 0.15) is 18.8 Å². The average molecular weight is 865 g/mol. The van der Waals surface area contributed by atoms with Gasteiger partial charge in [0.25, 0.3) is 11.6 Å². The van der Waals surface area contributed by atoms with Crippen LogP contribution in [0.25, 0.3) is 22.3 Å². The molecular formula is C44H56N12O7. The number of hydrogen-bond donors (Lipinski definition) is 5. The minimum atomic E-state index is -1.04.